The van der Waals surface area contributed by atoms with Gasteiger partial charge >= 0.3 is 0 Å². The van der Waals surface area contributed by atoms with Crippen LogP contribution in [0.4, 0.5) is 5.82 Å². The number of aromatic amines is 1. The molecule has 88 valence electrons. The Bertz CT molecular complexity index is 419. The van der Waals surface area contributed by atoms with Gasteiger partial charge in [0.05, 0.1) is 6.20 Å². The normalized spacial score (nSPS) is 21.8. The molecule has 1 heterocycles. The fraction of sp³-hybridized carbons (Fsp3) is 0.636. The topological polar surface area (TPSA) is 83.8 Å². The summed E-state index contributed by atoms with van der Waals surface area (Å²) >= 11 is 0. The average molecular weight is 222 g/mol. The van der Waals surface area contributed by atoms with Gasteiger partial charge in [-0.05, 0) is 10.8 Å². The summed E-state index contributed by atoms with van der Waals surface area (Å²) in [4.78, 5) is 11.9. The largest absolute Gasteiger partial charge is 0.383 e. The molecule has 0 radical (unpaired) electrons. The van der Waals surface area contributed by atoms with Crippen molar-refractivity contribution in [3.8, 4) is 0 Å². The first kappa shape index (κ1) is 11.0. The highest BCUT2D eigenvalue weighted by Crippen LogP contribution is 2.62. The van der Waals surface area contributed by atoms with Gasteiger partial charge in [-0.2, -0.15) is 5.10 Å². The molecule has 4 N–H and O–H groups in total. The number of carbonyl (C=O) groups excluding carboxylic acids is 1. The maximum atomic E-state index is 11.9. The lowest BCUT2D eigenvalue weighted by molar-refractivity contribution is 0.0944. The van der Waals surface area contributed by atoms with E-state index in [4.69, 9.17) is 5.73 Å². The van der Waals surface area contributed by atoms with Crippen molar-refractivity contribution < 1.29 is 4.79 Å². The van der Waals surface area contributed by atoms with Crippen LogP contribution in [0.5, 0.6) is 0 Å². The number of hydrogen-bond donors (Lipinski definition) is 3. The first-order valence-electron chi connectivity index (χ1n) is 5.38. The van der Waals surface area contributed by atoms with Crippen LogP contribution in [-0.4, -0.2) is 22.1 Å². The number of nitrogen functional groups attached to an aromatic ring is 1. The van der Waals surface area contributed by atoms with E-state index in [2.05, 4.69) is 43.2 Å². The van der Waals surface area contributed by atoms with Crippen LogP contribution in [0, 0.1) is 10.8 Å². The van der Waals surface area contributed by atoms with Crippen LogP contribution in [0.2, 0.25) is 0 Å². The van der Waals surface area contributed by atoms with Crippen LogP contribution < -0.4 is 11.1 Å². The molecule has 0 saturated heterocycles. The highest BCUT2D eigenvalue weighted by molar-refractivity contribution is 5.98. The summed E-state index contributed by atoms with van der Waals surface area (Å²) in [5.74, 6) is 0.156. The summed E-state index contributed by atoms with van der Waals surface area (Å²) in [7, 11) is 0. The van der Waals surface area contributed by atoms with Crippen molar-refractivity contribution in [2.75, 3.05) is 5.73 Å². The van der Waals surface area contributed by atoms with Crippen LogP contribution in [-0.2, 0) is 0 Å². The van der Waals surface area contributed by atoms with Gasteiger partial charge in [0.15, 0.2) is 0 Å². The molecule has 2 rings (SSSR count). The van der Waals surface area contributed by atoms with Crippen molar-refractivity contribution in [3.05, 3.63) is 11.8 Å². The Balaban J connectivity index is 2.09. The molecule has 5 heteroatoms. The summed E-state index contributed by atoms with van der Waals surface area (Å²) in [5, 5.41) is 9.28. The molecule has 1 aromatic rings. The number of nitrogens with two attached hydrogens (primary N) is 1. The standard InChI is InChI=1S/C11H18N4O/c1-10(2)9(11(10,3)4)14-8(16)6-5-13-15-7(6)12/h5,9H,1-4H3,(H,14,16)(H3,12,13,15). The van der Waals surface area contributed by atoms with E-state index < -0.39 is 0 Å². The Labute approximate surface area is 94.8 Å². The van der Waals surface area contributed by atoms with E-state index in [1.807, 2.05) is 0 Å². The van der Waals surface area contributed by atoms with E-state index in [1.54, 1.807) is 0 Å². The summed E-state index contributed by atoms with van der Waals surface area (Å²) in [6, 6.07) is 0.182. The van der Waals surface area contributed by atoms with Gasteiger partial charge in [-0.25, -0.2) is 0 Å². The van der Waals surface area contributed by atoms with Gasteiger partial charge in [-0.3, -0.25) is 9.89 Å². The van der Waals surface area contributed by atoms with Gasteiger partial charge in [0.25, 0.3) is 5.91 Å². The van der Waals surface area contributed by atoms with E-state index in [0.717, 1.165) is 0 Å². The van der Waals surface area contributed by atoms with Gasteiger partial charge < -0.3 is 11.1 Å². The third-order valence-corrected chi connectivity index (χ3v) is 4.21. The van der Waals surface area contributed by atoms with E-state index in [1.165, 1.54) is 6.20 Å². The number of amides is 1. The lowest BCUT2D eigenvalue weighted by atomic mass is 10.0. The second kappa shape index (κ2) is 2.99. The first-order chi connectivity index (χ1) is 7.28. The zero-order valence-corrected chi connectivity index (χ0v) is 10.1. The predicted molar refractivity (Wildman–Crippen MR) is 61.8 cm³/mol. The zero-order valence-electron chi connectivity index (χ0n) is 10.1. The van der Waals surface area contributed by atoms with Crippen molar-refractivity contribution in [3.63, 3.8) is 0 Å². The second-order valence-electron chi connectivity index (χ2n) is 5.55. The Morgan fingerprint density at radius 1 is 1.44 bits per heavy atom. The zero-order chi connectivity index (χ0) is 12.1. The third-order valence-electron chi connectivity index (χ3n) is 4.21. The smallest absolute Gasteiger partial charge is 0.256 e. The average Bonchev–Trinajstić information content (AvgIpc) is 2.57. The minimum Gasteiger partial charge on any atom is -0.383 e. The van der Waals surface area contributed by atoms with Crippen LogP contribution in [0.3, 0.4) is 0 Å². The van der Waals surface area contributed by atoms with E-state index >= 15 is 0 Å². The number of rotatable bonds is 2. The van der Waals surface area contributed by atoms with E-state index in [0.29, 0.717) is 11.4 Å². The highest BCUT2D eigenvalue weighted by Gasteiger charge is 2.65. The number of anilines is 1. The van der Waals surface area contributed by atoms with Crippen molar-refractivity contribution in [1.29, 1.82) is 0 Å². The fourth-order valence-electron chi connectivity index (χ4n) is 2.24. The van der Waals surface area contributed by atoms with Gasteiger partial charge in [0.2, 0.25) is 0 Å². The summed E-state index contributed by atoms with van der Waals surface area (Å²) < 4.78 is 0. The molecule has 0 unspecified atom stereocenters. The molecule has 1 aliphatic rings. The number of hydrogen-bond acceptors (Lipinski definition) is 3. The molecular formula is C11H18N4O. The summed E-state index contributed by atoms with van der Waals surface area (Å²) in [6.07, 6.45) is 1.45. The van der Waals surface area contributed by atoms with E-state index in [9.17, 15) is 4.79 Å². The number of aromatic nitrogens is 2. The van der Waals surface area contributed by atoms with Crippen molar-refractivity contribution in [2.24, 2.45) is 10.8 Å². The molecule has 0 aliphatic heterocycles. The SMILES string of the molecule is CC1(C)C(NC(=O)c2cn[nH]c2N)C1(C)C. The maximum Gasteiger partial charge on any atom is 0.256 e. The lowest BCUT2D eigenvalue weighted by Gasteiger charge is -2.05. The molecule has 0 atom stereocenters. The summed E-state index contributed by atoms with van der Waals surface area (Å²) in [6.45, 7) is 8.60. The molecular weight excluding hydrogens is 204 g/mol. The molecule has 1 saturated carbocycles. The van der Waals surface area contributed by atoms with Crippen molar-refractivity contribution >= 4 is 11.7 Å². The number of nitrogens with zero attached hydrogens (tertiary/aromatic N) is 1. The molecule has 0 spiro atoms. The highest BCUT2D eigenvalue weighted by atomic mass is 16.1. The number of H-pyrrole nitrogens is 1. The van der Waals surface area contributed by atoms with Crippen molar-refractivity contribution in [2.45, 2.75) is 33.7 Å². The van der Waals surface area contributed by atoms with Crippen molar-refractivity contribution in [1.82, 2.24) is 15.5 Å². The minimum absolute atomic E-state index is 0.126. The molecule has 1 aromatic heterocycles. The maximum absolute atomic E-state index is 11.9. The van der Waals surface area contributed by atoms with Crippen LogP contribution >= 0.6 is 0 Å². The molecule has 16 heavy (non-hydrogen) atoms. The molecule has 5 nitrogen and oxygen atoms in total. The molecule has 1 fully saturated rings. The summed E-state index contributed by atoms with van der Waals surface area (Å²) in [5.41, 5.74) is 6.26. The fourth-order valence-corrected chi connectivity index (χ4v) is 2.24. The Kier molecular flexibility index (Phi) is 2.05. The Morgan fingerprint density at radius 2 is 2.00 bits per heavy atom. The number of nitrogens with one attached hydrogen (secondary N) is 2. The predicted octanol–water partition coefficient (Wildman–Crippen LogP) is 1.16. The van der Waals surface area contributed by atoms with Crippen LogP contribution in [0.1, 0.15) is 38.1 Å². The van der Waals surface area contributed by atoms with Crippen LogP contribution in [0.15, 0.2) is 6.20 Å². The van der Waals surface area contributed by atoms with Gasteiger partial charge in [-0.15, -0.1) is 0 Å². The quantitative estimate of drug-likeness (QED) is 0.702. The van der Waals surface area contributed by atoms with E-state index in [-0.39, 0.29) is 22.8 Å². The van der Waals surface area contributed by atoms with Crippen LogP contribution in [0.25, 0.3) is 0 Å². The lowest BCUT2D eigenvalue weighted by Crippen LogP contribution is -2.30. The first-order valence-corrected chi connectivity index (χ1v) is 5.38. The Hall–Kier alpha value is -1.52. The molecule has 0 aromatic carbocycles. The van der Waals surface area contributed by atoms with Gasteiger partial charge in [0.1, 0.15) is 11.4 Å². The Morgan fingerprint density at radius 3 is 2.38 bits per heavy atom. The third kappa shape index (κ3) is 1.31. The number of carbonyl (C=O) groups is 1. The molecule has 1 amide bonds. The second-order valence-corrected chi connectivity index (χ2v) is 5.55. The molecule has 0 bridgehead atoms. The van der Waals surface area contributed by atoms with Gasteiger partial charge in [0, 0.05) is 6.04 Å². The molecule has 1 aliphatic carbocycles. The van der Waals surface area contributed by atoms with Gasteiger partial charge in [-0.1, -0.05) is 27.7 Å². The monoisotopic (exact) mass is 222 g/mol. The minimum atomic E-state index is -0.157.